The minimum Gasteiger partial charge on any atom is -0.463 e. The van der Waals surface area contributed by atoms with Crippen LogP contribution in [-0.4, -0.2) is 12.6 Å². The molecule has 0 aromatic heterocycles. The zero-order valence-electron chi connectivity index (χ0n) is 18.7. The largest absolute Gasteiger partial charge is 0.463 e. The molecule has 3 rings (SSSR count). The minimum absolute atomic E-state index is 0.188. The SMILES string of the molecule is CCOC(=O)/C=C(C)/C=C/C=C(/C)C1=CC(C)(C)[C@@]23CC[C@@H](C2)C(C)(C)C3=C1. The van der Waals surface area contributed by atoms with Gasteiger partial charge in [0, 0.05) is 11.5 Å². The molecule has 2 atom stereocenters. The summed E-state index contributed by atoms with van der Waals surface area (Å²) in [4.78, 5) is 11.5. The van der Waals surface area contributed by atoms with Gasteiger partial charge in [-0.3, -0.25) is 0 Å². The maximum Gasteiger partial charge on any atom is 0.330 e. The summed E-state index contributed by atoms with van der Waals surface area (Å²) in [6.45, 7) is 16.1. The molecule has 152 valence electrons. The van der Waals surface area contributed by atoms with Crippen LogP contribution in [0.4, 0.5) is 0 Å². The van der Waals surface area contributed by atoms with Gasteiger partial charge in [-0.25, -0.2) is 4.79 Å². The molecular weight excluding hydrogens is 344 g/mol. The molecule has 2 heteroatoms. The lowest BCUT2D eigenvalue weighted by molar-refractivity contribution is -0.137. The van der Waals surface area contributed by atoms with Gasteiger partial charge in [0.15, 0.2) is 0 Å². The lowest BCUT2D eigenvalue weighted by Crippen LogP contribution is -2.40. The van der Waals surface area contributed by atoms with Crippen LogP contribution >= 0.6 is 0 Å². The number of carbonyl (C=O) groups is 1. The number of allylic oxidation sites excluding steroid dienone is 9. The van der Waals surface area contributed by atoms with Crippen molar-refractivity contribution in [2.45, 2.75) is 67.7 Å². The van der Waals surface area contributed by atoms with E-state index in [2.05, 4.69) is 52.8 Å². The van der Waals surface area contributed by atoms with Gasteiger partial charge in [-0.05, 0) is 73.5 Å². The van der Waals surface area contributed by atoms with Gasteiger partial charge >= 0.3 is 5.97 Å². The maximum absolute atomic E-state index is 11.5. The second-order valence-corrected chi connectivity index (χ2v) is 9.97. The van der Waals surface area contributed by atoms with Crippen LogP contribution in [0.2, 0.25) is 0 Å². The van der Waals surface area contributed by atoms with E-state index in [9.17, 15) is 4.79 Å². The molecule has 0 N–H and O–H groups in total. The average Bonchev–Trinajstić information content (AvgIpc) is 3.12. The number of carbonyl (C=O) groups excluding carboxylic acids is 1. The summed E-state index contributed by atoms with van der Waals surface area (Å²) in [6.07, 6.45) is 16.7. The van der Waals surface area contributed by atoms with Crippen molar-refractivity contribution < 1.29 is 9.53 Å². The summed E-state index contributed by atoms with van der Waals surface area (Å²) in [7, 11) is 0. The van der Waals surface area contributed by atoms with Gasteiger partial charge in [-0.1, -0.05) is 63.6 Å². The van der Waals surface area contributed by atoms with Crippen molar-refractivity contribution in [3.63, 3.8) is 0 Å². The molecule has 0 heterocycles. The summed E-state index contributed by atoms with van der Waals surface area (Å²) < 4.78 is 4.96. The van der Waals surface area contributed by atoms with Crippen molar-refractivity contribution in [2.75, 3.05) is 6.61 Å². The third kappa shape index (κ3) is 3.36. The first-order valence-electron chi connectivity index (χ1n) is 10.7. The Morgan fingerprint density at radius 2 is 1.96 bits per heavy atom. The Kier molecular flexibility index (Phi) is 5.38. The molecule has 0 aromatic carbocycles. The summed E-state index contributed by atoms with van der Waals surface area (Å²) in [5.74, 6) is 0.543. The Balaban J connectivity index is 1.84. The molecule has 3 aliphatic rings. The molecule has 1 spiro atoms. The Labute approximate surface area is 171 Å². The van der Waals surface area contributed by atoms with Gasteiger partial charge < -0.3 is 4.74 Å². The first-order chi connectivity index (χ1) is 13.0. The number of rotatable bonds is 5. The number of esters is 1. The molecule has 2 nitrogen and oxygen atoms in total. The average molecular weight is 381 g/mol. The quantitative estimate of drug-likeness (QED) is 0.301. The van der Waals surface area contributed by atoms with Crippen LogP contribution in [0.15, 0.2) is 58.7 Å². The first kappa shape index (κ1) is 20.9. The van der Waals surface area contributed by atoms with Crippen molar-refractivity contribution in [3.05, 3.63) is 58.7 Å². The highest BCUT2D eigenvalue weighted by Crippen LogP contribution is 2.73. The van der Waals surface area contributed by atoms with Crippen molar-refractivity contribution in [1.29, 1.82) is 0 Å². The van der Waals surface area contributed by atoms with Crippen LogP contribution in [0, 0.1) is 22.2 Å². The summed E-state index contributed by atoms with van der Waals surface area (Å²) >= 11 is 0. The van der Waals surface area contributed by atoms with Crippen LogP contribution < -0.4 is 0 Å². The number of hydrogen-bond acceptors (Lipinski definition) is 2. The van der Waals surface area contributed by atoms with E-state index in [-0.39, 0.29) is 11.4 Å². The predicted molar refractivity (Wildman–Crippen MR) is 117 cm³/mol. The fourth-order valence-corrected chi connectivity index (χ4v) is 5.81. The highest BCUT2D eigenvalue weighted by molar-refractivity contribution is 5.83. The number of ether oxygens (including phenoxy) is 1. The van der Waals surface area contributed by atoms with Crippen molar-refractivity contribution in [1.82, 2.24) is 0 Å². The fraction of sp³-hybridized carbons (Fsp3) is 0.577. The van der Waals surface area contributed by atoms with Gasteiger partial charge in [0.2, 0.25) is 0 Å². The Hall–Kier alpha value is -1.83. The van der Waals surface area contributed by atoms with Crippen LogP contribution in [0.3, 0.4) is 0 Å². The molecule has 0 amide bonds. The molecule has 3 aliphatic carbocycles. The van der Waals surface area contributed by atoms with Crippen molar-refractivity contribution in [2.24, 2.45) is 22.2 Å². The Morgan fingerprint density at radius 3 is 2.64 bits per heavy atom. The molecule has 0 saturated heterocycles. The molecule has 2 fully saturated rings. The van der Waals surface area contributed by atoms with E-state index in [1.54, 1.807) is 5.57 Å². The third-order valence-electron chi connectivity index (χ3n) is 7.59. The fourth-order valence-electron chi connectivity index (χ4n) is 5.81. The van der Waals surface area contributed by atoms with E-state index in [0.717, 1.165) is 11.5 Å². The normalized spacial score (nSPS) is 30.9. The third-order valence-corrected chi connectivity index (χ3v) is 7.59. The predicted octanol–water partition coefficient (Wildman–Crippen LogP) is 6.72. The summed E-state index contributed by atoms with van der Waals surface area (Å²) in [5, 5.41) is 0. The Bertz CT molecular complexity index is 813. The van der Waals surface area contributed by atoms with E-state index in [4.69, 9.17) is 4.74 Å². The zero-order valence-corrected chi connectivity index (χ0v) is 18.7. The molecule has 2 bridgehead atoms. The van der Waals surface area contributed by atoms with E-state index in [1.807, 2.05) is 26.0 Å². The molecule has 2 saturated carbocycles. The van der Waals surface area contributed by atoms with Crippen LogP contribution in [0.5, 0.6) is 0 Å². The maximum atomic E-state index is 11.5. The molecule has 28 heavy (non-hydrogen) atoms. The van der Waals surface area contributed by atoms with Gasteiger partial charge in [0.05, 0.1) is 6.61 Å². The molecule has 0 aromatic rings. The lowest BCUT2D eigenvalue weighted by Gasteiger charge is -2.49. The van der Waals surface area contributed by atoms with Crippen molar-refractivity contribution >= 4 is 5.97 Å². The van der Waals surface area contributed by atoms with Gasteiger partial charge in [0.25, 0.3) is 0 Å². The highest BCUT2D eigenvalue weighted by atomic mass is 16.5. The lowest BCUT2D eigenvalue weighted by atomic mass is 9.54. The molecular formula is C26H36O2. The van der Waals surface area contributed by atoms with Gasteiger partial charge in [-0.15, -0.1) is 0 Å². The number of hydrogen-bond donors (Lipinski definition) is 0. The van der Waals surface area contributed by atoms with Crippen LogP contribution in [0.25, 0.3) is 0 Å². The standard InChI is InChI=1S/C26H36O2/c1-8-28-23(27)14-18(2)10-9-11-19(3)20-15-22-25(6,7)21-12-13-26(22,17-21)24(4,5)16-20/h9-11,14-16,21H,8,12-13,17H2,1-7H3/b10-9+,18-14+,19-11-/t21-,26-/m0/s1. The minimum atomic E-state index is -0.282. The zero-order chi connectivity index (χ0) is 20.7. The first-order valence-corrected chi connectivity index (χ1v) is 10.7. The van der Waals surface area contributed by atoms with E-state index in [0.29, 0.717) is 17.4 Å². The summed E-state index contributed by atoms with van der Waals surface area (Å²) in [5.41, 5.74) is 6.05. The van der Waals surface area contributed by atoms with E-state index >= 15 is 0 Å². The van der Waals surface area contributed by atoms with E-state index in [1.165, 1.54) is 36.5 Å². The van der Waals surface area contributed by atoms with Crippen LogP contribution in [0.1, 0.15) is 67.7 Å². The van der Waals surface area contributed by atoms with Crippen molar-refractivity contribution in [3.8, 4) is 0 Å². The number of fused-ring (bicyclic) bond motifs is 1. The topological polar surface area (TPSA) is 26.3 Å². The van der Waals surface area contributed by atoms with Crippen LogP contribution in [-0.2, 0) is 9.53 Å². The highest BCUT2D eigenvalue weighted by Gasteiger charge is 2.63. The summed E-state index contributed by atoms with van der Waals surface area (Å²) in [6, 6.07) is 0. The smallest absolute Gasteiger partial charge is 0.330 e. The molecule has 0 radical (unpaired) electrons. The second kappa shape index (κ2) is 7.21. The molecule has 0 aliphatic heterocycles. The monoisotopic (exact) mass is 380 g/mol. The molecule has 0 unspecified atom stereocenters. The Morgan fingerprint density at radius 1 is 1.25 bits per heavy atom. The van der Waals surface area contributed by atoms with Gasteiger partial charge in [-0.2, -0.15) is 0 Å². The second-order valence-electron chi connectivity index (χ2n) is 9.97. The van der Waals surface area contributed by atoms with Gasteiger partial charge in [0.1, 0.15) is 0 Å². The van der Waals surface area contributed by atoms with E-state index < -0.39 is 0 Å².